The van der Waals surface area contributed by atoms with Crippen molar-refractivity contribution in [1.82, 2.24) is 15.2 Å². The number of fused-ring (bicyclic) bond motifs is 3. The maximum absolute atomic E-state index is 13.3. The Morgan fingerprint density at radius 1 is 1.33 bits per heavy atom. The zero-order valence-corrected chi connectivity index (χ0v) is 13.5. The van der Waals surface area contributed by atoms with E-state index in [0.717, 1.165) is 32.1 Å². The second-order valence-electron chi connectivity index (χ2n) is 6.67. The van der Waals surface area contributed by atoms with E-state index >= 15 is 0 Å². The summed E-state index contributed by atoms with van der Waals surface area (Å²) in [4.78, 5) is 18.8. The monoisotopic (exact) mass is 329 g/mol. The summed E-state index contributed by atoms with van der Waals surface area (Å²) >= 11 is 0. The molecule has 6 heteroatoms. The van der Waals surface area contributed by atoms with Crippen molar-refractivity contribution in [2.24, 2.45) is 5.92 Å². The van der Waals surface area contributed by atoms with Crippen molar-refractivity contribution in [3.8, 4) is 11.3 Å². The lowest BCUT2D eigenvalue weighted by Crippen LogP contribution is -2.62. The number of amides is 1. The van der Waals surface area contributed by atoms with Crippen LogP contribution in [0, 0.1) is 11.7 Å². The van der Waals surface area contributed by atoms with Crippen molar-refractivity contribution in [3.63, 3.8) is 0 Å². The molecule has 0 radical (unpaired) electrons. The van der Waals surface area contributed by atoms with Gasteiger partial charge in [-0.1, -0.05) is 0 Å². The summed E-state index contributed by atoms with van der Waals surface area (Å²) in [5, 5.41) is 3.13. The predicted octanol–water partition coefficient (Wildman–Crippen LogP) is 2.69. The van der Waals surface area contributed by atoms with E-state index in [4.69, 9.17) is 4.42 Å². The van der Waals surface area contributed by atoms with Crippen molar-refractivity contribution in [2.45, 2.75) is 31.8 Å². The third kappa shape index (κ3) is 2.71. The molecule has 3 saturated heterocycles. The Hall–Kier alpha value is -2.21. The molecule has 24 heavy (non-hydrogen) atoms. The molecule has 2 atom stereocenters. The first-order valence-corrected chi connectivity index (χ1v) is 8.37. The van der Waals surface area contributed by atoms with Crippen LogP contribution in [-0.2, 0) is 0 Å². The van der Waals surface area contributed by atoms with Crippen molar-refractivity contribution in [3.05, 3.63) is 42.2 Å². The van der Waals surface area contributed by atoms with Gasteiger partial charge in [-0.2, -0.15) is 0 Å². The van der Waals surface area contributed by atoms with Gasteiger partial charge in [-0.3, -0.25) is 14.7 Å². The smallest absolute Gasteiger partial charge is 0.287 e. The van der Waals surface area contributed by atoms with E-state index in [1.54, 1.807) is 12.1 Å². The van der Waals surface area contributed by atoms with E-state index in [1.807, 2.05) is 0 Å². The molecule has 0 aromatic carbocycles. The van der Waals surface area contributed by atoms with Gasteiger partial charge in [0.2, 0.25) is 0 Å². The quantitative estimate of drug-likeness (QED) is 0.941. The number of pyridine rings is 1. The van der Waals surface area contributed by atoms with E-state index in [1.165, 1.54) is 12.3 Å². The molecule has 5 heterocycles. The Bertz CT molecular complexity index is 750. The highest BCUT2D eigenvalue weighted by atomic mass is 19.1. The van der Waals surface area contributed by atoms with Crippen molar-refractivity contribution >= 4 is 5.91 Å². The average molecular weight is 329 g/mol. The van der Waals surface area contributed by atoms with E-state index in [2.05, 4.69) is 22.1 Å². The topological polar surface area (TPSA) is 58.4 Å². The van der Waals surface area contributed by atoms with Crippen molar-refractivity contribution < 1.29 is 13.6 Å². The molecule has 0 saturated carbocycles. The maximum Gasteiger partial charge on any atom is 0.287 e. The number of carbonyl (C=O) groups excluding carboxylic acids is 1. The Labute approximate surface area is 139 Å². The van der Waals surface area contributed by atoms with Gasteiger partial charge in [-0.25, -0.2) is 4.39 Å². The summed E-state index contributed by atoms with van der Waals surface area (Å²) in [5.74, 6) is 0.579. The molecule has 126 valence electrons. The molecule has 2 aromatic rings. The molecule has 3 fully saturated rings. The fourth-order valence-electron chi connectivity index (χ4n) is 3.93. The SMILES string of the molecule is C[C@H]1[C@H](NC(=O)c2ccc(-c3cncc(F)c3)o2)C2CCN1CC2. The number of rotatable bonds is 3. The average Bonchev–Trinajstić information content (AvgIpc) is 3.09. The highest BCUT2D eigenvalue weighted by molar-refractivity contribution is 5.92. The van der Waals surface area contributed by atoms with Crippen LogP contribution in [0.25, 0.3) is 11.3 Å². The molecule has 5 nitrogen and oxygen atoms in total. The first kappa shape index (κ1) is 15.3. The molecule has 2 aromatic heterocycles. The van der Waals surface area contributed by atoms with Crippen molar-refractivity contribution in [2.75, 3.05) is 13.1 Å². The van der Waals surface area contributed by atoms with Crippen LogP contribution in [-0.4, -0.2) is 41.0 Å². The summed E-state index contributed by atoms with van der Waals surface area (Å²) < 4.78 is 18.9. The highest BCUT2D eigenvalue weighted by Gasteiger charge is 2.40. The zero-order valence-electron chi connectivity index (χ0n) is 13.5. The second-order valence-corrected chi connectivity index (χ2v) is 6.67. The van der Waals surface area contributed by atoms with Crippen LogP contribution in [0.4, 0.5) is 4.39 Å². The number of halogens is 1. The van der Waals surface area contributed by atoms with Gasteiger partial charge in [0.1, 0.15) is 11.6 Å². The molecule has 3 aliphatic rings. The number of furan rings is 1. The van der Waals surface area contributed by atoms with Gasteiger partial charge in [0.05, 0.1) is 6.20 Å². The van der Waals surface area contributed by atoms with E-state index < -0.39 is 5.82 Å². The minimum Gasteiger partial charge on any atom is -0.451 e. The molecule has 0 aliphatic carbocycles. The standard InChI is InChI=1S/C18H20FN3O2/c1-11-17(12-4-6-22(11)7-5-12)21-18(23)16-3-2-15(24-16)13-8-14(19)10-20-9-13/h2-3,8-12,17H,4-7H2,1H3,(H,21,23)/t11-,17-/m0/s1. The fraction of sp³-hybridized carbons (Fsp3) is 0.444. The van der Waals surface area contributed by atoms with Gasteiger partial charge in [0.25, 0.3) is 5.91 Å². The predicted molar refractivity (Wildman–Crippen MR) is 86.9 cm³/mol. The van der Waals surface area contributed by atoms with Gasteiger partial charge in [-0.15, -0.1) is 0 Å². The lowest BCUT2D eigenvalue weighted by molar-refractivity contribution is 0.0211. The summed E-state index contributed by atoms with van der Waals surface area (Å²) in [7, 11) is 0. The lowest BCUT2D eigenvalue weighted by Gasteiger charge is -2.49. The van der Waals surface area contributed by atoms with Crippen LogP contribution in [0.1, 0.15) is 30.3 Å². The zero-order chi connectivity index (χ0) is 16.7. The molecule has 0 unspecified atom stereocenters. The third-order valence-electron chi connectivity index (χ3n) is 5.29. The van der Waals surface area contributed by atoms with Gasteiger partial charge < -0.3 is 9.73 Å². The van der Waals surface area contributed by atoms with E-state index in [-0.39, 0.29) is 17.7 Å². The van der Waals surface area contributed by atoms with E-state index in [0.29, 0.717) is 23.3 Å². The minimum atomic E-state index is -0.434. The molecule has 5 rings (SSSR count). The number of carbonyl (C=O) groups is 1. The van der Waals surface area contributed by atoms with Gasteiger partial charge in [0.15, 0.2) is 5.76 Å². The number of piperidine rings is 3. The summed E-state index contributed by atoms with van der Waals surface area (Å²) in [5.41, 5.74) is 0.519. The van der Waals surface area contributed by atoms with E-state index in [9.17, 15) is 9.18 Å². The molecular formula is C18H20FN3O2. The van der Waals surface area contributed by atoms with Crippen LogP contribution < -0.4 is 5.32 Å². The van der Waals surface area contributed by atoms with Gasteiger partial charge >= 0.3 is 0 Å². The fourth-order valence-corrected chi connectivity index (χ4v) is 3.93. The normalized spacial score (nSPS) is 28.8. The lowest BCUT2D eigenvalue weighted by atomic mass is 9.79. The number of hydrogen-bond acceptors (Lipinski definition) is 4. The third-order valence-corrected chi connectivity index (χ3v) is 5.29. The van der Waals surface area contributed by atoms with Crippen LogP contribution in [0.3, 0.4) is 0 Å². The van der Waals surface area contributed by atoms with Gasteiger partial charge in [-0.05, 0) is 57.0 Å². The molecule has 2 bridgehead atoms. The minimum absolute atomic E-state index is 0.157. The molecule has 1 amide bonds. The Morgan fingerprint density at radius 2 is 2.12 bits per heavy atom. The number of nitrogens with one attached hydrogen (secondary N) is 1. The number of hydrogen-bond donors (Lipinski definition) is 1. The van der Waals surface area contributed by atoms with Crippen molar-refractivity contribution in [1.29, 1.82) is 0 Å². The first-order valence-electron chi connectivity index (χ1n) is 8.37. The highest BCUT2D eigenvalue weighted by Crippen LogP contribution is 2.32. The van der Waals surface area contributed by atoms with Crippen LogP contribution in [0.15, 0.2) is 35.0 Å². The first-order chi connectivity index (χ1) is 11.6. The maximum atomic E-state index is 13.3. The molecule has 0 spiro atoms. The second kappa shape index (κ2) is 6.02. The molecular weight excluding hydrogens is 309 g/mol. The summed E-state index contributed by atoms with van der Waals surface area (Å²) in [6, 6.07) is 5.14. The Kier molecular flexibility index (Phi) is 3.84. The number of nitrogens with zero attached hydrogens (tertiary/aromatic N) is 2. The molecule has 1 N–H and O–H groups in total. The molecule has 3 aliphatic heterocycles. The summed E-state index contributed by atoms with van der Waals surface area (Å²) in [6.45, 7) is 4.41. The Balaban J connectivity index is 1.49. The largest absolute Gasteiger partial charge is 0.451 e. The van der Waals surface area contributed by atoms with Gasteiger partial charge in [0, 0.05) is 23.8 Å². The Morgan fingerprint density at radius 3 is 2.83 bits per heavy atom. The van der Waals surface area contributed by atoms with Crippen LogP contribution in [0.5, 0.6) is 0 Å². The van der Waals surface area contributed by atoms with Crippen LogP contribution in [0.2, 0.25) is 0 Å². The van der Waals surface area contributed by atoms with Crippen LogP contribution >= 0.6 is 0 Å². The summed E-state index contributed by atoms with van der Waals surface area (Å²) in [6.07, 6.45) is 4.91. The number of aromatic nitrogens is 1.